The molecule has 2 aliphatic rings. The number of rotatable bonds is 4. The standard InChI is InChI=1S/C35H43Cl2FN4O9/c1-17-8-7-9-29(49-6)35(47)16-28(51-34(46)41-35)19(3)32(44)18(2)26(50-33(45)40-24-13-21(36)22(38)14-23(24)39)15-30(43)42(4)25-11-20(10-17)12-27(48-5)31(25)37/h7-9,11-14,18-19,26,28-29,32,44,47H,10,15-16,39H2,1-6H3,(H,40,45)(H,41,46)/b9-7+,17-8+/t18-,19-,26+,28+,29-,32-,35+/m1/s1. The summed E-state index contributed by atoms with van der Waals surface area (Å²) in [6, 6.07) is 5.51. The fourth-order valence-corrected chi connectivity index (χ4v) is 6.61. The molecule has 2 aromatic rings. The van der Waals surface area contributed by atoms with Crippen molar-refractivity contribution in [2.45, 2.75) is 70.2 Å². The summed E-state index contributed by atoms with van der Waals surface area (Å²) in [4.78, 5) is 41.2. The molecule has 2 aromatic carbocycles. The van der Waals surface area contributed by atoms with Crippen molar-refractivity contribution in [2.75, 3.05) is 37.2 Å². The van der Waals surface area contributed by atoms with E-state index in [1.54, 1.807) is 38.1 Å². The first kappa shape index (κ1) is 39.7. The van der Waals surface area contributed by atoms with Crippen LogP contribution in [0.25, 0.3) is 0 Å². The number of carbonyl (C=O) groups is 3. The van der Waals surface area contributed by atoms with E-state index in [2.05, 4.69) is 10.6 Å². The molecule has 1 saturated heterocycles. The number of carbonyl (C=O) groups excluding carboxylic acids is 3. The molecule has 0 unspecified atom stereocenters. The van der Waals surface area contributed by atoms with Gasteiger partial charge < -0.3 is 39.8 Å². The smallest absolute Gasteiger partial charge is 0.411 e. The molecular weight excluding hydrogens is 710 g/mol. The highest BCUT2D eigenvalue weighted by atomic mass is 35.5. The first-order valence-corrected chi connectivity index (χ1v) is 16.8. The zero-order valence-electron chi connectivity index (χ0n) is 29.0. The Labute approximate surface area is 305 Å². The molecule has 3 amide bonds. The van der Waals surface area contributed by atoms with Crippen molar-refractivity contribution in [3.63, 3.8) is 0 Å². The first-order chi connectivity index (χ1) is 24.0. The number of nitrogens with one attached hydrogen (secondary N) is 2. The van der Waals surface area contributed by atoms with Crippen molar-refractivity contribution in [1.82, 2.24) is 5.32 Å². The van der Waals surface area contributed by atoms with E-state index < -0.39 is 72.3 Å². The summed E-state index contributed by atoms with van der Waals surface area (Å²) in [7, 11) is 4.33. The van der Waals surface area contributed by atoms with Crippen LogP contribution in [0.2, 0.25) is 10.0 Å². The maximum Gasteiger partial charge on any atom is 0.411 e. The number of aliphatic hydroxyl groups excluding tert-OH is 1. The normalized spacial score (nSPS) is 29.2. The minimum Gasteiger partial charge on any atom is -0.495 e. The molecule has 6 N–H and O–H groups in total. The predicted octanol–water partition coefficient (Wildman–Crippen LogP) is 5.59. The van der Waals surface area contributed by atoms with Crippen LogP contribution in [0.4, 0.5) is 31.0 Å². The Morgan fingerprint density at radius 3 is 2.55 bits per heavy atom. The molecule has 0 radical (unpaired) electrons. The minimum atomic E-state index is -1.92. The number of anilines is 3. The Morgan fingerprint density at radius 2 is 1.88 bits per heavy atom. The number of benzene rings is 2. The molecule has 51 heavy (non-hydrogen) atoms. The van der Waals surface area contributed by atoms with Crippen LogP contribution < -0.4 is 26.0 Å². The van der Waals surface area contributed by atoms with Gasteiger partial charge in [-0.25, -0.2) is 14.0 Å². The lowest BCUT2D eigenvalue weighted by Crippen LogP contribution is -2.64. The van der Waals surface area contributed by atoms with Gasteiger partial charge in [-0.2, -0.15) is 0 Å². The van der Waals surface area contributed by atoms with Crippen LogP contribution in [0.1, 0.15) is 39.2 Å². The summed E-state index contributed by atoms with van der Waals surface area (Å²) in [6.07, 6.45) is -1.81. The van der Waals surface area contributed by atoms with Crippen LogP contribution in [0.3, 0.4) is 0 Å². The number of allylic oxidation sites excluding steroid dienone is 3. The number of fused-ring (bicyclic) bond motifs is 4. The van der Waals surface area contributed by atoms with E-state index in [0.29, 0.717) is 17.9 Å². The van der Waals surface area contributed by atoms with E-state index in [1.807, 2.05) is 13.0 Å². The summed E-state index contributed by atoms with van der Waals surface area (Å²) in [5, 5.41) is 28.0. The quantitative estimate of drug-likeness (QED) is 0.247. The van der Waals surface area contributed by atoms with Crippen molar-refractivity contribution in [3.05, 3.63) is 69.5 Å². The average molecular weight is 754 g/mol. The van der Waals surface area contributed by atoms with Gasteiger partial charge in [0.1, 0.15) is 34.9 Å². The van der Waals surface area contributed by atoms with Gasteiger partial charge in [-0.3, -0.25) is 15.4 Å². The molecule has 16 heteroatoms. The van der Waals surface area contributed by atoms with E-state index in [9.17, 15) is 29.0 Å². The van der Waals surface area contributed by atoms with Crippen LogP contribution >= 0.6 is 23.2 Å². The maximum atomic E-state index is 13.9. The number of nitrogens with two attached hydrogens (primary N) is 1. The molecule has 13 nitrogen and oxygen atoms in total. The number of nitrogens with zero attached hydrogens (tertiary/aromatic N) is 1. The monoisotopic (exact) mass is 752 g/mol. The largest absolute Gasteiger partial charge is 0.495 e. The van der Waals surface area contributed by atoms with Crippen molar-refractivity contribution in [3.8, 4) is 5.75 Å². The molecule has 1 fully saturated rings. The predicted molar refractivity (Wildman–Crippen MR) is 190 cm³/mol. The van der Waals surface area contributed by atoms with E-state index >= 15 is 0 Å². The number of halogens is 3. The maximum absolute atomic E-state index is 13.9. The third-order valence-electron chi connectivity index (χ3n) is 9.21. The van der Waals surface area contributed by atoms with Gasteiger partial charge in [0.05, 0.1) is 41.7 Å². The molecule has 2 heterocycles. The molecule has 0 saturated carbocycles. The van der Waals surface area contributed by atoms with E-state index in [-0.39, 0.29) is 27.8 Å². The Hall–Kier alpha value is -4.08. The number of alkyl carbamates (subject to hydrolysis) is 1. The Balaban J connectivity index is 1.78. The Bertz CT molecular complexity index is 1710. The Kier molecular flexibility index (Phi) is 12.9. The molecule has 278 valence electrons. The molecular formula is C35H43Cl2FN4O9. The lowest BCUT2D eigenvalue weighted by molar-refractivity contribution is -0.152. The third kappa shape index (κ3) is 9.24. The average Bonchev–Trinajstić information content (AvgIpc) is 3.07. The number of hydrogen-bond acceptors (Lipinski definition) is 10. The zero-order chi connectivity index (χ0) is 37.8. The van der Waals surface area contributed by atoms with Gasteiger partial charge in [-0.05, 0) is 37.1 Å². The second-order valence-corrected chi connectivity index (χ2v) is 13.6. The van der Waals surface area contributed by atoms with Gasteiger partial charge in [0, 0.05) is 38.5 Å². The summed E-state index contributed by atoms with van der Waals surface area (Å²) in [5.74, 6) is -2.84. The molecule has 4 bridgehead atoms. The summed E-state index contributed by atoms with van der Waals surface area (Å²) in [5.41, 5.74) is 5.73. The van der Waals surface area contributed by atoms with E-state index in [4.69, 9.17) is 47.9 Å². The number of nitrogen functional groups attached to an aromatic ring is 1. The Morgan fingerprint density at radius 1 is 1.18 bits per heavy atom. The summed E-state index contributed by atoms with van der Waals surface area (Å²) >= 11 is 12.6. The second kappa shape index (κ2) is 16.5. The van der Waals surface area contributed by atoms with Crippen molar-refractivity contribution >= 4 is 58.4 Å². The van der Waals surface area contributed by atoms with Crippen molar-refractivity contribution < 1.29 is 47.9 Å². The highest BCUT2D eigenvalue weighted by molar-refractivity contribution is 6.35. The van der Waals surface area contributed by atoms with Crippen molar-refractivity contribution in [1.29, 1.82) is 0 Å². The third-order valence-corrected chi connectivity index (χ3v) is 9.88. The highest BCUT2D eigenvalue weighted by Gasteiger charge is 2.48. The minimum absolute atomic E-state index is 0.0461. The number of hydrogen-bond donors (Lipinski definition) is 5. The topological polar surface area (TPSA) is 182 Å². The van der Waals surface area contributed by atoms with Gasteiger partial charge >= 0.3 is 12.2 Å². The molecule has 0 aliphatic carbocycles. The molecule has 7 atom stereocenters. The fourth-order valence-electron chi connectivity index (χ4n) is 6.14. The highest BCUT2D eigenvalue weighted by Crippen LogP contribution is 2.38. The lowest BCUT2D eigenvalue weighted by Gasteiger charge is -2.43. The van der Waals surface area contributed by atoms with Crippen LogP contribution in [0.5, 0.6) is 5.75 Å². The SMILES string of the molecule is COc1cc2cc(c1Cl)N(C)C(=O)C[C@H](OC(=O)Nc1cc(Cl)c(F)cc1N)[C@@H](C)[C@@H](O)[C@H](C)[C@@H]1C[C@@](O)(NC(=O)O1)[C@H](OC)/C=C/C=C(\C)C2. The zero-order valence-corrected chi connectivity index (χ0v) is 30.5. The summed E-state index contributed by atoms with van der Waals surface area (Å²) < 4.78 is 36.2. The second-order valence-electron chi connectivity index (χ2n) is 12.8. The lowest BCUT2D eigenvalue weighted by atomic mass is 9.81. The van der Waals surface area contributed by atoms with Crippen LogP contribution in [-0.2, 0) is 25.4 Å². The van der Waals surface area contributed by atoms with Crippen molar-refractivity contribution in [2.24, 2.45) is 11.8 Å². The number of ether oxygens (including phenoxy) is 4. The van der Waals surface area contributed by atoms with Gasteiger partial charge in [0.25, 0.3) is 0 Å². The van der Waals surface area contributed by atoms with Crippen LogP contribution in [0, 0.1) is 17.7 Å². The molecule has 0 aromatic heterocycles. The van der Waals surface area contributed by atoms with Crippen LogP contribution in [0.15, 0.2) is 48.1 Å². The van der Waals surface area contributed by atoms with Gasteiger partial charge in [0.2, 0.25) is 5.91 Å². The molecule has 4 rings (SSSR count). The van der Waals surface area contributed by atoms with Gasteiger partial charge in [-0.1, -0.05) is 60.9 Å². The van der Waals surface area contributed by atoms with E-state index in [1.165, 1.54) is 26.2 Å². The number of aliphatic hydroxyl groups is 2. The fraction of sp³-hybridized carbons (Fsp3) is 0.457. The number of amides is 3. The molecule has 0 spiro atoms. The number of methoxy groups -OCH3 is 2. The summed E-state index contributed by atoms with van der Waals surface area (Å²) in [6.45, 7) is 5.04. The van der Waals surface area contributed by atoms with Gasteiger partial charge in [-0.15, -0.1) is 0 Å². The first-order valence-electron chi connectivity index (χ1n) is 16.1. The van der Waals surface area contributed by atoms with E-state index in [0.717, 1.165) is 23.3 Å². The van der Waals surface area contributed by atoms with Crippen LogP contribution in [-0.4, -0.2) is 79.7 Å². The molecule has 2 aliphatic heterocycles. The van der Waals surface area contributed by atoms with Gasteiger partial charge in [0.15, 0.2) is 5.72 Å².